The molecule has 0 fully saturated rings. The highest BCUT2D eigenvalue weighted by molar-refractivity contribution is 5.85. The SMILES string of the molecule is COc1ccc2c(c1CNC(=O)[C@H](C)NC(=O)OCc1ccccc1)Oc1c(ccc(OC)c1CC(=O)OCc1ccccc1)C2(C)C. The molecular formula is C38H40N2O8. The second-order valence-corrected chi connectivity index (χ2v) is 11.9. The quantitative estimate of drug-likeness (QED) is 0.170. The number of benzene rings is 4. The van der Waals surface area contributed by atoms with Crippen molar-refractivity contribution in [3.05, 3.63) is 118 Å². The van der Waals surface area contributed by atoms with Crippen LogP contribution in [0.5, 0.6) is 23.0 Å². The first-order valence-corrected chi connectivity index (χ1v) is 15.6. The summed E-state index contributed by atoms with van der Waals surface area (Å²) >= 11 is 0. The number of carbonyl (C=O) groups is 3. The average Bonchev–Trinajstić information content (AvgIpc) is 3.09. The highest BCUT2D eigenvalue weighted by Crippen LogP contribution is 2.53. The summed E-state index contributed by atoms with van der Waals surface area (Å²) in [6.45, 7) is 5.98. The van der Waals surface area contributed by atoms with E-state index in [9.17, 15) is 14.4 Å². The molecule has 2 amide bonds. The molecule has 1 aliphatic heterocycles. The fourth-order valence-electron chi connectivity index (χ4n) is 5.67. The molecule has 0 unspecified atom stereocenters. The molecule has 0 spiro atoms. The number of amides is 2. The molecule has 1 heterocycles. The van der Waals surface area contributed by atoms with Crippen molar-refractivity contribution in [1.82, 2.24) is 10.6 Å². The zero-order chi connectivity index (χ0) is 34.3. The fourth-order valence-corrected chi connectivity index (χ4v) is 5.67. The van der Waals surface area contributed by atoms with E-state index < -0.39 is 29.4 Å². The Morgan fingerprint density at radius 2 is 1.25 bits per heavy atom. The number of nitrogens with one attached hydrogen (secondary N) is 2. The fraction of sp³-hybridized carbons (Fsp3) is 0.289. The van der Waals surface area contributed by atoms with Crippen molar-refractivity contribution in [3.63, 3.8) is 0 Å². The Labute approximate surface area is 280 Å². The molecule has 250 valence electrons. The largest absolute Gasteiger partial charge is 0.496 e. The maximum Gasteiger partial charge on any atom is 0.408 e. The molecule has 1 atom stereocenters. The van der Waals surface area contributed by atoms with Gasteiger partial charge in [-0.25, -0.2) is 4.79 Å². The Hall–Kier alpha value is -5.51. The molecule has 0 aromatic heterocycles. The van der Waals surface area contributed by atoms with Crippen LogP contribution in [0.1, 0.15) is 54.2 Å². The van der Waals surface area contributed by atoms with Crippen molar-refractivity contribution < 1.29 is 38.1 Å². The van der Waals surface area contributed by atoms with E-state index in [2.05, 4.69) is 24.5 Å². The van der Waals surface area contributed by atoms with Gasteiger partial charge in [0.25, 0.3) is 0 Å². The zero-order valence-electron chi connectivity index (χ0n) is 27.8. The number of alkyl carbamates (subject to hydrolysis) is 1. The van der Waals surface area contributed by atoms with Gasteiger partial charge in [-0.2, -0.15) is 0 Å². The van der Waals surface area contributed by atoms with E-state index in [0.29, 0.717) is 34.1 Å². The molecule has 4 aromatic rings. The summed E-state index contributed by atoms with van der Waals surface area (Å²) in [7, 11) is 3.08. The molecule has 0 saturated carbocycles. The Bertz CT molecular complexity index is 1770. The van der Waals surface area contributed by atoms with Gasteiger partial charge >= 0.3 is 12.1 Å². The van der Waals surface area contributed by atoms with E-state index in [0.717, 1.165) is 22.3 Å². The van der Waals surface area contributed by atoms with Gasteiger partial charge in [-0.05, 0) is 30.2 Å². The smallest absolute Gasteiger partial charge is 0.408 e. The van der Waals surface area contributed by atoms with Crippen LogP contribution in [0.3, 0.4) is 0 Å². The van der Waals surface area contributed by atoms with Crippen molar-refractivity contribution in [3.8, 4) is 23.0 Å². The lowest BCUT2D eigenvalue weighted by Crippen LogP contribution is -2.44. The number of esters is 1. The maximum atomic E-state index is 13.1. The summed E-state index contributed by atoms with van der Waals surface area (Å²) in [6.07, 6.45) is -0.786. The topological polar surface area (TPSA) is 121 Å². The minimum atomic E-state index is -0.880. The Morgan fingerprint density at radius 3 is 1.81 bits per heavy atom. The molecule has 0 aliphatic carbocycles. The summed E-state index contributed by atoms with van der Waals surface area (Å²) in [4.78, 5) is 38.6. The van der Waals surface area contributed by atoms with Crippen LogP contribution in [-0.2, 0) is 50.7 Å². The molecule has 10 nitrogen and oxygen atoms in total. The second-order valence-electron chi connectivity index (χ2n) is 11.9. The lowest BCUT2D eigenvalue weighted by atomic mass is 9.74. The first-order chi connectivity index (χ1) is 23.1. The highest BCUT2D eigenvalue weighted by Gasteiger charge is 2.39. The van der Waals surface area contributed by atoms with Gasteiger partial charge in [0, 0.05) is 22.1 Å². The first kappa shape index (κ1) is 33.8. The molecule has 4 aromatic carbocycles. The van der Waals surface area contributed by atoms with E-state index in [1.165, 1.54) is 0 Å². The minimum absolute atomic E-state index is 0.0418. The summed E-state index contributed by atoms with van der Waals surface area (Å²) in [5.41, 5.74) is 4.05. The molecule has 10 heteroatoms. The van der Waals surface area contributed by atoms with Crippen LogP contribution in [0.2, 0.25) is 0 Å². The van der Waals surface area contributed by atoms with Crippen LogP contribution in [0.4, 0.5) is 4.79 Å². The number of rotatable bonds is 12. The van der Waals surface area contributed by atoms with Gasteiger partial charge in [-0.1, -0.05) is 86.6 Å². The second kappa shape index (κ2) is 14.9. The number of carbonyl (C=O) groups excluding carboxylic acids is 3. The van der Waals surface area contributed by atoms with Crippen molar-refractivity contribution in [1.29, 1.82) is 0 Å². The van der Waals surface area contributed by atoms with E-state index in [-0.39, 0.29) is 26.2 Å². The van der Waals surface area contributed by atoms with Crippen LogP contribution in [0.25, 0.3) is 0 Å². The van der Waals surface area contributed by atoms with Gasteiger partial charge in [-0.3, -0.25) is 9.59 Å². The maximum absolute atomic E-state index is 13.1. The molecule has 48 heavy (non-hydrogen) atoms. The van der Waals surface area contributed by atoms with Crippen molar-refractivity contribution in [2.75, 3.05) is 14.2 Å². The van der Waals surface area contributed by atoms with Gasteiger partial charge in [0.05, 0.1) is 32.7 Å². The van der Waals surface area contributed by atoms with Gasteiger partial charge in [0.2, 0.25) is 5.91 Å². The summed E-state index contributed by atoms with van der Waals surface area (Å²) in [5, 5.41) is 5.46. The molecule has 5 rings (SSSR count). The van der Waals surface area contributed by atoms with Gasteiger partial charge in [0.1, 0.15) is 42.3 Å². The third-order valence-corrected chi connectivity index (χ3v) is 8.37. The Morgan fingerprint density at radius 1 is 0.729 bits per heavy atom. The van der Waals surface area contributed by atoms with Crippen LogP contribution >= 0.6 is 0 Å². The monoisotopic (exact) mass is 652 g/mol. The summed E-state index contributed by atoms with van der Waals surface area (Å²) in [5.74, 6) is 1.12. The van der Waals surface area contributed by atoms with Crippen LogP contribution in [0, 0.1) is 0 Å². The molecule has 0 saturated heterocycles. The number of methoxy groups -OCH3 is 2. The first-order valence-electron chi connectivity index (χ1n) is 15.6. The predicted molar refractivity (Wildman–Crippen MR) is 179 cm³/mol. The van der Waals surface area contributed by atoms with Crippen LogP contribution in [-0.4, -0.2) is 38.2 Å². The number of hydrogen-bond donors (Lipinski definition) is 2. The van der Waals surface area contributed by atoms with Crippen molar-refractivity contribution in [2.45, 2.75) is 58.4 Å². The Kier molecular flexibility index (Phi) is 10.5. The molecule has 0 bridgehead atoms. The third kappa shape index (κ3) is 7.54. The standard InChI is InChI=1S/C38H40N2O8/c1-24(40-37(43)47-23-26-14-10-7-11-15-26)36(42)39-21-28-32(45-5)19-17-30-35(28)48-34-27(31(44-4)18-16-29(34)38(30,2)3)20-33(41)46-22-25-12-8-6-9-13-25/h6-19,24H,20-23H2,1-5H3,(H,39,42)(H,40,43)/t24-/m0/s1. The van der Waals surface area contributed by atoms with Crippen LogP contribution < -0.4 is 24.8 Å². The minimum Gasteiger partial charge on any atom is -0.496 e. The Balaban J connectivity index is 1.35. The van der Waals surface area contributed by atoms with Crippen LogP contribution in [0.15, 0.2) is 84.9 Å². The highest BCUT2D eigenvalue weighted by atomic mass is 16.5. The zero-order valence-corrected chi connectivity index (χ0v) is 27.8. The van der Waals surface area contributed by atoms with E-state index in [4.69, 9.17) is 23.7 Å². The predicted octanol–water partition coefficient (Wildman–Crippen LogP) is 6.35. The number of fused-ring (bicyclic) bond motifs is 2. The number of hydrogen-bond acceptors (Lipinski definition) is 8. The molecule has 2 N–H and O–H groups in total. The molecular weight excluding hydrogens is 612 g/mol. The lowest BCUT2D eigenvalue weighted by Gasteiger charge is -2.37. The van der Waals surface area contributed by atoms with Gasteiger partial charge in [-0.15, -0.1) is 0 Å². The van der Waals surface area contributed by atoms with Gasteiger partial charge < -0.3 is 34.3 Å². The third-order valence-electron chi connectivity index (χ3n) is 8.37. The molecule has 0 radical (unpaired) electrons. The number of ether oxygens (including phenoxy) is 5. The van der Waals surface area contributed by atoms with Gasteiger partial charge in [0.15, 0.2) is 0 Å². The molecule has 1 aliphatic rings. The normalized spacial score (nSPS) is 13.1. The van der Waals surface area contributed by atoms with E-state index in [1.807, 2.05) is 84.9 Å². The average molecular weight is 653 g/mol. The van der Waals surface area contributed by atoms with E-state index >= 15 is 0 Å². The summed E-state index contributed by atoms with van der Waals surface area (Å²) in [6, 6.07) is 25.4. The van der Waals surface area contributed by atoms with Crippen molar-refractivity contribution in [2.24, 2.45) is 0 Å². The lowest BCUT2D eigenvalue weighted by molar-refractivity contribution is -0.144. The summed E-state index contributed by atoms with van der Waals surface area (Å²) < 4.78 is 28.9. The van der Waals surface area contributed by atoms with E-state index in [1.54, 1.807) is 21.1 Å². The van der Waals surface area contributed by atoms with Crippen molar-refractivity contribution >= 4 is 18.0 Å².